The summed E-state index contributed by atoms with van der Waals surface area (Å²) in [6.07, 6.45) is 2.83. The third-order valence-corrected chi connectivity index (χ3v) is 8.87. The lowest BCUT2D eigenvalue weighted by molar-refractivity contribution is 0.0558. The van der Waals surface area contributed by atoms with Gasteiger partial charge in [-0.2, -0.15) is 0 Å². The van der Waals surface area contributed by atoms with Crippen molar-refractivity contribution in [2.75, 3.05) is 11.9 Å². The van der Waals surface area contributed by atoms with Gasteiger partial charge in [-0.1, -0.05) is 42.5 Å². The van der Waals surface area contributed by atoms with E-state index in [1.807, 2.05) is 36.4 Å². The van der Waals surface area contributed by atoms with Crippen LogP contribution in [0.1, 0.15) is 57.7 Å². The molecular weight excluding hydrogens is 590 g/mol. The third kappa shape index (κ3) is 9.35. The second-order valence-electron chi connectivity index (χ2n) is 11.3. The molecule has 1 aliphatic rings. The fraction of sp³-hybridized carbons (Fsp3) is 0.367. The molecule has 4 N–H and O–H groups in total. The molecule has 0 radical (unpaired) electrons. The molecule has 3 amide bonds. The molecule has 0 unspecified atom stereocenters. The Bertz CT molecular complexity index is 1580. The summed E-state index contributed by atoms with van der Waals surface area (Å²) in [5, 5.41) is 8.86. The number of thiazole rings is 1. The monoisotopic (exact) mass is 627 g/mol. The second-order valence-corrected chi connectivity index (χ2v) is 14.0. The van der Waals surface area contributed by atoms with Crippen LogP contribution in [0.25, 0.3) is 10.4 Å². The molecule has 0 saturated heterocycles. The number of amides is 3. The average Bonchev–Trinajstić information content (AvgIpc) is 3.41. The molecule has 0 fully saturated rings. The van der Waals surface area contributed by atoms with Crippen LogP contribution in [0.2, 0.25) is 0 Å². The molecule has 3 aromatic rings. The summed E-state index contributed by atoms with van der Waals surface area (Å²) in [6, 6.07) is 13.8. The zero-order chi connectivity index (χ0) is 31.2. The van der Waals surface area contributed by atoms with Gasteiger partial charge in [0.25, 0.3) is 0 Å². The topological polar surface area (TPSA) is 148 Å². The van der Waals surface area contributed by atoms with Gasteiger partial charge >= 0.3 is 12.1 Å². The lowest BCUT2D eigenvalue weighted by Gasteiger charge is -2.22. The highest BCUT2D eigenvalue weighted by atomic mass is 32.2. The summed E-state index contributed by atoms with van der Waals surface area (Å²) in [4.78, 5) is 29.6. The molecule has 0 aliphatic carbocycles. The zero-order valence-corrected chi connectivity index (χ0v) is 26.4. The molecule has 2 aromatic carbocycles. The van der Waals surface area contributed by atoms with Gasteiger partial charge in [-0.3, -0.25) is 5.32 Å². The summed E-state index contributed by atoms with van der Waals surface area (Å²) in [5.74, 6) is 0. The van der Waals surface area contributed by atoms with Crippen LogP contribution in [0.5, 0.6) is 0 Å². The van der Waals surface area contributed by atoms with E-state index in [0.29, 0.717) is 39.8 Å². The number of carbonyl (C=O) groups is 2. The first-order chi connectivity index (χ1) is 20.3. The number of aromatic nitrogens is 1. The van der Waals surface area contributed by atoms with Crippen molar-refractivity contribution in [3.63, 3.8) is 0 Å². The molecule has 1 aromatic heterocycles. The Kier molecular flexibility index (Phi) is 10.2. The van der Waals surface area contributed by atoms with Gasteiger partial charge in [0, 0.05) is 41.6 Å². The number of hydrogen-bond donors (Lipinski definition) is 4. The number of urea groups is 1. The highest BCUT2D eigenvalue weighted by Crippen LogP contribution is 2.38. The number of anilines is 1. The van der Waals surface area contributed by atoms with Crippen molar-refractivity contribution < 1.29 is 27.5 Å². The van der Waals surface area contributed by atoms with Gasteiger partial charge < -0.3 is 20.1 Å². The molecule has 0 saturated carbocycles. The van der Waals surface area contributed by atoms with Crippen molar-refractivity contribution in [2.24, 2.45) is 0 Å². The van der Waals surface area contributed by atoms with Crippen molar-refractivity contribution in [1.29, 1.82) is 0 Å². The minimum absolute atomic E-state index is 0.0121. The van der Waals surface area contributed by atoms with Gasteiger partial charge in [-0.05, 0) is 52.3 Å². The van der Waals surface area contributed by atoms with Crippen LogP contribution in [0.3, 0.4) is 0 Å². The summed E-state index contributed by atoms with van der Waals surface area (Å²) < 4.78 is 40.9. The van der Waals surface area contributed by atoms with E-state index in [0.717, 1.165) is 5.56 Å². The number of rotatable bonds is 9. The fourth-order valence-corrected chi connectivity index (χ4v) is 6.95. The molecule has 43 heavy (non-hydrogen) atoms. The molecule has 230 valence electrons. The maximum atomic E-state index is 13.6. The van der Waals surface area contributed by atoms with Crippen LogP contribution in [-0.4, -0.2) is 43.8 Å². The zero-order valence-electron chi connectivity index (χ0n) is 24.8. The van der Waals surface area contributed by atoms with Crippen LogP contribution < -0.4 is 20.7 Å². The Labute approximate surface area is 256 Å². The molecular formula is C30H37N5O6S2. The first kappa shape index (κ1) is 32.1. The van der Waals surface area contributed by atoms with Crippen LogP contribution in [0.4, 0.5) is 15.3 Å². The number of sulfonamides is 1. The summed E-state index contributed by atoms with van der Waals surface area (Å²) in [5.41, 5.74) is 1.58. The van der Waals surface area contributed by atoms with Crippen LogP contribution in [0.15, 0.2) is 71.4 Å². The van der Waals surface area contributed by atoms with Gasteiger partial charge in [-0.25, -0.2) is 27.7 Å². The smallest absolute Gasteiger partial charge is 0.411 e. The van der Waals surface area contributed by atoms with E-state index in [1.165, 1.54) is 17.4 Å². The molecule has 1 atom stereocenters. The highest BCUT2D eigenvalue weighted by molar-refractivity contribution is 7.89. The molecule has 13 heteroatoms. The normalized spacial score (nSPS) is 15.5. The van der Waals surface area contributed by atoms with Crippen molar-refractivity contribution in [3.05, 3.63) is 77.1 Å². The van der Waals surface area contributed by atoms with Crippen molar-refractivity contribution >= 4 is 39.2 Å². The number of nitrogens with one attached hydrogen (secondary N) is 4. The first-order valence-electron chi connectivity index (χ1n) is 13.8. The number of ether oxygens (including phenoxy) is 2. The van der Waals surface area contributed by atoms with E-state index in [2.05, 4.69) is 25.7 Å². The largest absolute Gasteiger partial charge is 0.447 e. The minimum Gasteiger partial charge on any atom is -0.447 e. The Morgan fingerprint density at radius 3 is 2.51 bits per heavy atom. The van der Waals surface area contributed by atoms with Gasteiger partial charge in [0.05, 0.1) is 22.5 Å². The summed E-state index contributed by atoms with van der Waals surface area (Å²) in [7, 11) is -3.99. The summed E-state index contributed by atoms with van der Waals surface area (Å²) in [6.45, 7) is 9.31. The van der Waals surface area contributed by atoms with Gasteiger partial charge in [0.2, 0.25) is 10.0 Å². The molecule has 4 rings (SSSR count). The Morgan fingerprint density at radius 1 is 1.12 bits per heavy atom. The lowest BCUT2D eigenvalue weighted by atomic mass is 10.1. The van der Waals surface area contributed by atoms with E-state index >= 15 is 0 Å². The number of benzene rings is 2. The number of hydrogen-bond acceptors (Lipinski definition) is 8. The predicted molar refractivity (Wildman–Crippen MR) is 166 cm³/mol. The predicted octanol–water partition coefficient (Wildman–Crippen LogP) is 5.69. The Balaban J connectivity index is 1.53. The fourth-order valence-electron chi connectivity index (χ4n) is 4.20. The summed E-state index contributed by atoms with van der Waals surface area (Å²) >= 11 is 1.32. The van der Waals surface area contributed by atoms with E-state index in [4.69, 9.17) is 9.47 Å². The van der Waals surface area contributed by atoms with E-state index in [1.54, 1.807) is 52.9 Å². The third-order valence-electron chi connectivity index (χ3n) is 5.95. The highest BCUT2D eigenvalue weighted by Gasteiger charge is 2.28. The van der Waals surface area contributed by atoms with Crippen LogP contribution in [0, 0.1) is 0 Å². The number of alkyl carbamates (subject to hydrolysis) is 1. The van der Waals surface area contributed by atoms with Gasteiger partial charge in [0.1, 0.15) is 11.1 Å². The van der Waals surface area contributed by atoms with Crippen molar-refractivity contribution in [2.45, 2.75) is 70.2 Å². The van der Waals surface area contributed by atoms with Crippen molar-refractivity contribution in [1.82, 2.24) is 20.3 Å². The van der Waals surface area contributed by atoms with Crippen LogP contribution >= 0.6 is 11.3 Å². The maximum Gasteiger partial charge on any atom is 0.411 e. The lowest BCUT2D eigenvalue weighted by Crippen LogP contribution is -2.40. The second kappa shape index (κ2) is 13.7. The minimum atomic E-state index is -3.99. The number of nitrogens with zero attached hydrogens (tertiary/aromatic N) is 1. The standard InChI is InChI=1S/C30H37N5O6S2/c1-19(2)41-29(37)34-22-12-14-24(40-18-22)27-31-17-25(42-27)23-13-11-21(15-26(23)43(38,39)35-30(3,4)5)33-28(36)32-16-20-9-7-6-8-10-20/h6-13,15,17,19,24,35H,14,16,18H2,1-5H3,(H,34,37)(H2,32,33,36)/t24-/m0/s1. The van der Waals surface area contributed by atoms with E-state index in [-0.39, 0.29) is 23.7 Å². The van der Waals surface area contributed by atoms with Crippen molar-refractivity contribution in [3.8, 4) is 10.4 Å². The van der Waals surface area contributed by atoms with Gasteiger partial charge in [-0.15, -0.1) is 11.3 Å². The first-order valence-corrected chi connectivity index (χ1v) is 16.1. The molecule has 0 bridgehead atoms. The maximum absolute atomic E-state index is 13.6. The van der Waals surface area contributed by atoms with Crippen LogP contribution in [-0.2, 0) is 26.0 Å². The van der Waals surface area contributed by atoms with E-state index in [9.17, 15) is 18.0 Å². The van der Waals surface area contributed by atoms with E-state index < -0.39 is 27.7 Å². The SMILES string of the molecule is CC(C)OC(=O)NC1=CC[C@@H](c2ncc(-c3ccc(NC(=O)NCc4ccccc4)cc3S(=O)(=O)NC(C)(C)C)s2)OC1. The molecule has 2 heterocycles. The average molecular weight is 628 g/mol. The Hall–Kier alpha value is -3.78. The Morgan fingerprint density at radius 2 is 1.86 bits per heavy atom. The number of carbonyl (C=O) groups excluding carboxylic acids is 2. The quantitative estimate of drug-likeness (QED) is 0.238. The molecule has 0 spiro atoms. The molecule has 11 nitrogen and oxygen atoms in total. The van der Waals surface area contributed by atoms with Gasteiger partial charge in [0.15, 0.2) is 0 Å². The molecule has 1 aliphatic heterocycles.